The molecule has 3 rings (SSSR count). The number of aliphatic hydroxyl groups is 1. The molecule has 1 aromatic carbocycles. The van der Waals surface area contributed by atoms with E-state index in [0.29, 0.717) is 0 Å². The van der Waals surface area contributed by atoms with Gasteiger partial charge in [0.2, 0.25) is 0 Å². The van der Waals surface area contributed by atoms with Crippen molar-refractivity contribution in [2.45, 2.75) is 25.4 Å². The van der Waals surface area contributed by atoms with Crippen molar-refractivity contribution in [1.29, 1.82) is 0 Å². The highest BCUT2D eigenvalue weighted by atomic mass is 32.1. The Morgan fingerprint density at radius 2 is 2.11 bits per heavy atom. The second-order valence-electron chi connectivity index (χ2n) is 4.61. The fourth-order valence-electron chi connectivity index (χ4n) is 2.29. The molecular weight excluding hydrogens is 244 g/mol. The van der Waals surface area contributed by atoms with E-state index < -0.39 is 0 Å². The lowest BCUT2D eigenvalue weighted by Crippen LogP contribution is -2.09. The molecule has 0 aliphatic heterocycles. The van der Waals surface area contributed by atoms with Crippen molar-refractivity contribution in [2.75, 3.05) is 11.9 Å². The number of hydrogen-bond acceptors (Lipinski definition) is 4. The summed E-state index contributed by atoms with van der Waals surface area (Å²) in [6.07, 6.45) is 2.57. The summed E-state index contributed by atoms with van der Waals surface area (Å²) in [5.74, 6) is 0. The van der Waals surface area contributed by atoms with Crippen LogP contribution in [0.15, 0.2) is 30.3 Å². The van der Waals surface area contributed by atoms with Gasteiger partial charge in [-0.3, -0.25) is 0 Å². The lowest BCUT2D eigenvalue weighted by Gasteiger charge is -2.15. The van der Waals surface area contributed by atoms with Crippen LogP contribution in [0.4, 0.5) is 10.8 Å². The van der Waals surface area contributed by atoms with Crippen LogP contribution < -0.4 is 4.90 Å². The second-order valence-corrected chi connectivity index (χ2v) is 5.62. The predicted octanol–water partition coefficient (Wildman–Crippen LogP) is 3.28. The number of nitrogens with zero attached hydrogens (tertiary/aromatic N) is 2. The summed E-state index contributed by atoms with van der Waals surface area (Å²) < 4.78 is 0. The van der Waals surface area contributed by atoms with Gasteiger partial charge in [-0.25, -0.2) is 4.98 Å². The van der Waals surface area contributed by atoms with Gasteiger partial charge < -0.3 is 10.0 Å². The zero-order chi connectivity index (χ0) is 12.5. The van der Waals surface area contributed by atoms with Crippen LogP contribution >= 0.6 is 11.3 Å². The molecule has 1 aromatic heterocycles. The van der Waals surface area contributed by atoms with E-state index in [1.54, 1.807) is 11.3 Å². The highest BCUT2D eigenvalue weighted by Gasteiger charge is 2.24. The Labute approximate surface area is 111 Å². The summed E-state index contributed by atoms with van der Waals surface area (Å²) in [6, 6.07) is 10.2. The maximum atomic E-state index is 9.98. The summed E-state index contributed by atoms with van der Waals surface area (Å²) in [5, 5.41) is 10.9. The van der Waals surface area contributed by atoms with Crippen molar-refractivity contribution in [3.63, 3.8) is 0 Å². The second kappa shape index (κ2) is 4.71. The molecule has 1 unspecified atom stereocenters. The van der Waals surface area contributed by atoms with Gasteiger partial charge in [0, 0.05) is 12.7 Å². The number of aromatic nitrogens is 1. The van der Waals surface area contributed by atoms with E-state index in [-0.39, 0.29) is 6.10 Å². The van der Waals surface area contributed by atoms with Gasteiger partial charge in [-0.15, -0.1) is 0 Å². The molecule has 0 saturated heterocycles. The highest BCUT2D eigenvalue weighted by Crippen LogP contribution is 2.38. The van der Waals surface area contributed by atoms with Crippen LogP contribution in [0.2, 0.25) is 0 Å². The molecule has 0 spiro atoms. The molecular formula is C14H16N2OS. The number of anilines is 2. The third-order valence-electron chi connectivity index (χ3n) is 3.34. The van der Waals surface area contributed by atoms with Crippen LogP contribution in [0.5, 0.6) is 0 Å². The van der Waals surface area contributed by atoms with Crippen LogP contribution in [-0.4, -0.2) is 17.1 Å². The minimum absolute atomic E-state index is 0.316. The van der Waals surface area contributed by atoms with Gasteiger partial charge in [-0.1, -0.05) is 29.5 Å². The number of fused-ring (bicyclic) bond motifs is 1. The first-order chi connectivity index (χ1) is 8.75. The Morgan fingerprint density at radius 3 is 2.83 bits per heavy atom. The quantitative estimate of drug-likeness (QED) is 0.900. The molecule has 4 heteroatoms. The van der Waals surface area contributed by atoms with E-state index in [0.717, 1.165) is 40.7 Å². The zero-order valence-corrected chi connectivity index (χ0v) is 11.2. The predicted molar refractivity (Wildman–Crippen MR) is 74.5 cm³/mol. The summed E-state index contributed by atoms with van der Waals surface area (Å²) in [7, 11) is 2.02. The van der Waals surface area contributed by atoms with Crippen LogP contribution in [0.1, 0.15) is 29.5 Å². The molecule has 0 amide bonds. The molecule has 0 bridgehead atoms. The number of thiazole rings is 1. The summed E-state index contributed by atoms with van der Waals surface area (Å²) in [6.45, 7) is 0. The molecule has 0 radical (unpaired) electrons. The van der Waals surface area contributed by atoms with Gasteiger partial charge in [0.05, 0.1) is 16.7 Å². The van der Waals surface area contributed by atoms with Crippen molar-refractivity contribution in [2.24, 2.45) is 0 Å². The standard InChI is InChI=1S/C14H16N2OS/c1-16(10-6-3-2-4-7-10)14-15-11-8-5-9-12(17)13(11)18-14/h2-4,6-7,12,17H,5,8-9H2,1H3. The molecule has 1 N–H and O–H groups in total. The maximum absolute atomic E-state index is 9.98. The number of benzene rings is 1. The topological polar surface area (TPSA) is 36.4 Å². The first-order valence-corrected chi connectivity index (χ1v) is 7.04. The first-order valence-electron chi connectivity index (χ1n) is 6.22. The number of aliphatic hydroxyl groups excluding tert-OH is 1. The highest BCUT2D eigenvalue weighted by molar-refractivity contribution is 7.15. The molecule has 1 aliphatic rings. The fourth-order valence-corrected chi connectivity index (χ4v) is 3.40. The Bertz CT molecular complexity index is 538. The normalized spacial score (nSPS) is 18.4. The molecule has 1 aliphatic carbocycles. The number of rotatable bonds is 2. The van der Waals surface area contributed by atoms with E-state index in [2.05, 4.69) is 22.0 Å². The van der Waals surface area contributed by atoms with Gasteiger partial charge in [0.25, 0.3) is 0 Å². The fraction of sp³-hybridized carbons (Fsp3) is 0.357. The zero-order valence-electron chi connectivity index (χ0n) is 10.3. The lowest BCUT2D eigenvalue weighted by atomic mass is 10.0. The summed E-state index contributed by atoms with van der Waals surface area (Å²) in [5.41, 5.74) is 2.20. The van der Waals surface area contributed by atoms with E-state index in [1.165, 1.54) is 0 Å². The minimum atomic E-state index is -0.316. The number of hydrogen-bond donors (Lipinski definition) is 1. The van der Waals surface area contributed by atoms with Crippen molar-refractivity contribution in [1.82, 2.24) is 4.98 Å². The average molecular weight is 260 g/mol. The van der Waals surface area contributed by atoms with Gasteiger partial charge in [-0.05, 0) is 31.4 Å². The third-order valence-corrected chi connectivity index (χ3v) is 4.62. The van der Waals surface area contributed by atoms with E-state index in [4.69, 9.17) is 0 Å². The average Bonchev–Trinajstić information content (AvgIpc) is 2.84. The molecule has 94 valence electrons. The van der Waals surface area contributed by atoms with Crippen molar-refractivity contribution < 1.29 is 5.11 Å². The number of para-hydroxylation sites is 1. The largest absolute Gasteiger partial charge is 0.388 e. The molecule has 0 fully saturated rings. The molecule has 1 heterocycles. The monoisotopic (exact) mass is 260 g/mol. The lowest BCUT2D eigenvalue weighted by molar-refractivity contribution is 0.160. The van der Waals surface area contributed by atoms with Crippen LogP contribution in [0.25, 0.3) is 0 Å². The van der Waals surface area contributed by atoms with E-state index in [1.807, 2.05) is 25.2 Å². The van der Waals surface area contributed by atoms with Gasteiger partial charge >= 0.3 is 0 Å². The van der Waals surface area contributed by atoms with Crippen molar-refractivity contribution >= 4 is 22.2 Å². The van der Waals surface area contributed by atoms with Gasteiger partial charge in [-0.2, -0.15) is 0 Å². The molecule has 3 nitrogen and oxygen atoms in total. The summed E-state index contributed by atoms with van der Waals surface area (Å²) in [4.78, 5) is 7.80. The molecule has 0 saturated carbocycles. The molecule has 18 heavy (non-hydrogen) atoms. The van der Waals surface area contributed by atoms with Crippen LogP contribution in [-0.2, 0) is 6.42 Å². The third kappa shape index (κ3) is 2.02. The Hall–Kier alpha value is -1.39. The number of aryl methyl sites for hydroxylation is 1. The maximum Gasteiger partial charge on any atom is 0.190 e. The molecule has 2 aromatic rings. The Kier molecular flexibility index (Phi) is 3.06. The minimum Gasteiger partial charge on any atom is -0.388 e. The molecule has 1 atom stereocenters. The van der Waals surface area contributed by atoms with Crippen LogP contribution in [0.3, 0.4) is 0 Å². The van der Waals surface area contributed by atoms with Crippen molar-refractivity contribution in [3.05, 3.63) is 40.9 Å². The Morgan fingerprint density at radius 1 is 1.33 bits per heavy atom. The van der Waals surface area contributed by atoms with Gasteiger partial charge in [0.1, 0.15) is 0 Å². The smallest absolute Gasteiger partial charge is 0.190 e. The van der Waals surface area contributed by atoms with E-state index >= 15 is 0 Å². The summed E-state index contributed by atoms with van der Waals surface area (Å²) >= 11 is 1.61. The van der Waals surface area contributed by atoms with Gasteiger partial charge in [0.15, 0.2) is 5.13 Å². The van der Waals surface area contributed by atoms with Crippen molar-refractivity contribution in [3.8, 4) is 0 Å². The SMILES string of the molecule is CN(c1ccccc1)c1nc2c(s1)C(O)CCC2. The first kappa shape index (κ1) is 11.7. The van der Waals surface area contributed by atoms with Crippen LogP contribution in [0, 0.1) is 0 Å². The Balaban J connectivity index is 1.94. The van der Waals surface area contributed by atoms with E-state index in [9.17, 15) is 5.11 Å².